The van der Waals surface area contributed by atoms with Crippen molar-refractivity contribution in [3.8, 4) is 33.8 Å². The molecule has 13 heteroatoms. The number of nitrogens with zero attached hydrogens (tertiary/aromatic N) is 3. The van der Waals surface area contributed by atoms with Crippen molar-refractivity contribution in [2.24, 2.45) is 0 Å². The smallest absolute Gasteiger partial charge is 0.541 e. The Hall–Kier alpha value is -5.77. The topological polar surface area (TPSA) is 198 Å². The molecule has 3 aliphatic rings. The number of aromatic carboxylic acids is 3. The number of fused-ring (bicyclic) bond motifs is 9. The van der Waals surface area contributed by atoms with Crippen LogP contribution < -0.4 is 15.3 Å². The summed E-state index contributed by atoms with van der Waals surface area (Å²) < 4.78 is 14.5. The van der Waals surface area contributed by atoms with Gasteiger partial charge in [0.2, 0.25) is 0 Å². The molecule has 12 nitrogen and oxygen atoms in total. The first-order chi connectivity index (χ1) is 23.3. The molecule has 0 N–H and O–H groups in total. The predicted molar refractivity (Wildman–Crippen MR) is 167 cm³/mol. The van der Waals surface area contributed by atoms with Gasteiger partial charge in [0.1, 0.15) is 35.0 Å². The average Bonchev–Trinajstić information content (AvgIpc) is 3.86. The summed E-state index contributed by atoms with van der Waals surface area (Å²) >= 11 is 0. The summed E-state index contributed by atoms with van der Waals surface area (Å²) in [4.78, 5) is 32.4. The molecule has 0 unspecified atom stereocenters. The summed E-state index contributed by atoms with van der Waals surface area (Å²) in [5, 5.41) is 43.9. The van der Waals surface area contributed by atoms with Crippen molar-refractivity contribution in [2.75, 3.05) is 0 Å². The Morgan fingerprint density at radius 2 is 0.714 bits per heavy atom. The zero-order chi connectivity index (χ0) is 33.4. The second kappa shape index (κ2) is 13.8. The predicted octanol–water partition coefficient (Wildman–Crippen LogP) is 2.03. The van der Waals surface area contributed by atoms with E-state index in [1.165, 1.54) is 16.7 Å². The largest absolute Gasteiger partial charge is 3.00 e. The molecular formula is C36H24AlN3O9. The van der Waals surface area contributed by atoms with Crippen molar-refractivity contribution in [1.82, 2.24) is 15.5 Å². The minimum atomic E-state index is -1.30. The van der Waals surface area contributed by atoms with Crippen LogP contribution in [0.25, 0.3) is 33.8 Å². The molecule has 0 aliphatic heterocycles. The molecule has 240 valence electrons. The molecule has 0 spiro atoms. The Labute approximate surface area is 289 Å². The van der Waals surface area contributed by atoms with Crippen molar-refractivity contribution in [3.63, 3.8) is 0 Å². The maximum absolute atomic E-state index is 10.8. The monoisotopic (exact) mass is 669 g/mol. The van der Waals surface area contributed by atoms with Crippen LogP contribution in [0.15, 0.2) is 86.4 Å². The van der Waals surface area contributed by atoms with Crippen molar-refractivity contribution < 1.29 is 43.3 Å². The molecular weight excluding hydrogens is 645 g/mol. The van der Waals surface area contributed by atoms with E-state index in [-0.39, 0.29) is 34.6 Å². The van der Waals surface area contributed by atoms with Gasteiger partial charge in [-0.05, 0) is 55.2 Å². The van der Waals surface area contributed by atoms with Gasteiger partial charge in [-0.2, -0.15) is 0 Å². The zero-order valence-corrected chi connectivity index (χ0v) is 26.9. The van der Waals surface area contributed by atoms with E-state index in [0.717, 1.165) is 36.0 Å². The molecule has 3 aromatic carbocycles. The minimum Gasteiger partial charge on any atom is -0.541 e. The quantitative estimate of drug-likeness (QED) is 0.249. The van der Waals surface area contributed by atoms with Crippen LogP contribution in [0.1, 0.15) is 65.0 Å². The molecule has 3 aromatic heterocycles. The molecule has 0 atom stereocenters. The Bertz CT molecular complexity index is 1970. The van der Waals surface area contributed by atoms with E-state index in [9.17, 15) is 29.7 Å². The normalized spacial score (nSPS) is 12.7. The fourth-order valence-corrected chi connectivity index (χ4v) is 6.43. The molecule has 0 radical (unpaired) electrons. The molecule has 6 aromatic rings. The standard InChI is InChI=1S/3C12H9NO3.Al/c3*14-12(15)11-9-6-5-7-3-1-2-4-8(7)10(9)13-16-11;/h3*1-4H,5-6H2,(H,14,15);/q;;;+3/p-3. The first-order valence-corrected chi connectivity index (χ1v) is 15.2. The minimum absolute atomic E-state index is 0. The van der Waals surface area contributed by atoms with Crippen molar-refractivity contribution in [1.29, 1.82) is 0 Å². The maximum Gasteiger partial charge on any atom is 3.00 e. The van der Waals surface area contributed by atoms with Gasteiger partial charge in [0, 0.05) is 33.4 Å². The molecule has 0 bridgehead atoms. The van der Waals surface area contributed by atoms with Gasteiger partial charge in [-0.1, -0.05) is 88.3 Å². The zero-order valence-electron chi connectivity index (χ0n) is 25.8. The van der Waals surface area contributed by atoms with Crippen molar-refractivity contribution in [2.45, 2.75) is 38.5 Å². The molecule has 3 heterocycles. The van der Waals surface area contributed by atoms with Gasteiger partial charge in [0.25, 0.3) is 0 Å². The van der Waals surface area contributed by atoms with E-state index in [4.69, 9.17) is 13.6 Å². The third-order valence-corrected chi connectivity index (χ3v) is 8.67. The maximum atomic E-state index is 10.8. The van der Waals surface area contributed by atoms with Gasteiger partial charge in [0.15, 0.2) is 17.3 Å². The van der Waals surface area contributed by atoms with E-state index in [1.807, 2.05) is 72.8 Å². The van der Waals surface area contributed by atoms with Gasteiger partial charge < -0.3 is 43.3 Å². The van der Waals surface area contributed by atoms with Crippen LogP contribution in [0.4, 0.5) is 0 Å². The van der Waals surface area contributed by atoms with Gasteiger partial charge in [0.05, 0.1) is 0 Å². The number of carboxylic acid groups (broad SMARTS) is 3. The summed E-state index contributed by atoms with van der Waals surface area (Å²) in [7, 11) is 0. The summed E-state index contributed by atoms with van der Waals surface area (Å²) in [5.74, 6) is -4.30. The SMILES string of the molecule is O=C([O-])c1onc2c1CCc1ccccc1-2.O=C([O-])c1onc2c1CCc1ccccc1-2.O=C([O-])c1onc2c1CCc1ccccc1-2.[Al+3]. The first-order valence-electron chi connectivity index (χ1n) is 15.2. The van der Waals surface area contributed by atoms with E-state index in [0.29, 0.717) is 53.0 Å². The van der Waals surface area contributed by atoms with Crippen LogP contribution in [-0.2, 0) is 38.5 Å². The van der Waals surface area contributed by atoms with E-state index < -0.39 is 17.9 Å². The number of carbonyl (C=O) groups is 3. The van der Waals surface area contributed by atoms with E-state index in [1.54, 1.807) is 0 Å². The number of aromatic nitrogens is 3. The van der Waals surface area contributed by atoms with Gasteiger partial charge in [-0.25, -0.2) is 0 Å². The van der Waals surface area contributed by atoms with Crippen LogP contribution in [0.2, 0.25) is 0 Å². The second-order valence-electron chi connectivity index (χ2n) is 11.4. The summed E-state index contributed by atoms with van der Waals surface area (Å²) in [6.45, 7) is 0. The second-order valence-corrected chi connectivity index (χ2v) is 11.4. The number of benzene rings is 3. The molecule has 9 rings (SSSR count). The van der Waals surface area contributed by atoms with Gasteiger partial charge in [-0.3, -0.25) is 0 Å². The fourth-order valence-electron chi connectivity index (χ4n) is 6.43. The van der Waals surface area contributed by atoms with Crippen molar-refractivity contribution >= 4 is 35.3 Å². The number of aryl methyl sites for hydroxylation is 3. The van der Waals surface area contributed by atoms with Crippen LogP contribution in [-0.4, -0.2) is 50.7 Å². The Morgan fingerprint density at radius 3 is 0.980 bits per heavy atom. The Morgan fingerprint density at radius 1 is 0.449 bits per heavy atom. The summed E-state index contributed by atoms with van der Waals surface area (Å²) in [6, 6.07) is 23.4. The number of carbonyl (C=O) groups excluding carboxylic acids is 3. The van der Waals surface area contributed by atoms with Crippen LogP contribution in [0.3, 0.4) is 0 Å². The molecule has 0 saturated heterocycles. The van der Waals surface area contributed by atoms with Gasteiger partial charge >= 0.3 is 17.4 Å². The molecule has 0 fully saturated rings. The molecule has 0 saturated carbocycles. The Kier molecular flexibility index (Phi) is 9.31. The fraction of sp³-hybridized carbons (Fsp3) is 0.167. The van der Waals surface area contributed by atoms with E-state index >= 15 is 0 Å². The number of carboxylic acids is 3. The first kappa shape index (κ1) is 33.1. The van der Waals surface area contributed by atoms with Crippen LogP contribution in [0.5, 0.6) is 0 Å². The van der Waals surface area contributed by atoms with Crippen LogP contribution >= 0.6 is 0 Å². The number of rotatable bonds is 3. The number of hydrogen-bond donors (Lipinski definition) is 0. The summed E-state index contributed by atoms with van der Waals surface area (Å²) in [6.07, 6.45) is 4.34. The van der Waals surface area contributed by atoms with E-state index in [2.05, 4.69) is 15.5 Å². The molecule has 49 heavy (non-hydrogen) atoms. The molecule has 3 aliphatic carbocycles. The third-order valence-electron chi connectivity index (χ3n) is 8.67. The van der Waals surface area contributed by atoms with Gasteiger partial charge in [-0.15, -0.1) is 0 Å². The Balaban J connectivity index is 0.000000126. The molecule has 0 amide bonds. The van der Waals surface area contributed by atoms with Crippen LogP contribution in [0, 0.1) is 0 Å². The number of hydrogen-bond acceptors (Lipinski definition) is 12. The van der Waals surface area contributed by atoms with Crippen molar-refractivity contribution in [3.05, 3.63) is 123 Å². The average molecular weight is 670 g/mol. The summed E-state index contributed by atoms with van der Waals surface area (Å²) in [5.41, 5.74) is 10.3. The third kappa shape index (κ3) is 6.17.